The maximum atomic E-state index is 13.9. The molecule has 1 saturated carbocycles. The van der Waals surface area contributed by atoms with E-state index in [4.69, 9.17) is 0 Å². The zero-order valence-corrected chi connectivity index (χ0v) is 26.3. The zero-order valence-electron chi connectivity index (χ0n) is 25.5. The Morgan fingerprint density at radius 3 is 2.31 bits per heavy atom. The molecule has 1 aromatic heterocycles. The number of aliphatic hydroxyl groups excluding tert-OH is 1. The molecule has 2 aromatic rings. The fourth-order valence-electron chi connectivity index (χ4n) is 6.02. The van der Waals surface area contributed by atoms with E-state index >= 15 is 0 Å². The second kappa shape index (κ2) is 14.6. The van der Waals surface area contributed by atoms with Crippen LogP contribution in [0.2, 0.25) is 5.82 Å². The van der Waals surface area contributed by atoms with Crippen LogP contribution in [0.5, 0.6) is 0 Å². The average molecular weight is 594 g/mol. The molecular formula is C32H46BN4O4S. The molecule has 1 aromatic carbocycles. The maximum absolute atomic E-state index is 13.9. The van der Waals surface area contributed by atoms with Gasteiger partial charge in [0.25, 0.3) is 0 Å². The van der Waals surface area contributed by atoms with Crippen LogP contribution in [0, 0.1) is 12.3 Å². The molecule has 1 radical (unpaired) electrons. The van der Waals surface area contributed by atoms with E-state index in [1.54, 1.807) is 18.6 Å². The van der Waals surface area contributed by atoms with Crippen molar-refractivity contribution in [2.24, 2.45) is 5.41 Å². The number of nitrogens with one attached hydrogen (secondary N) is 2. The molecule has 10 heteroatoms. The highest BCUT2D eigenvalue weighted by atomic mass is 32.1. The minimum absolute atomic E-state index is 0.0641. The third-order valence-corrected chi connectivity index (χ3v) is 9.46. The summed E-state index contributed by atoms with van der Waals surface area (Å²) in [6.45, 7) is 8.09. The molecule has 4 rings (SSSR count). The number of rotatable bonds is 8. The van der Waals surface area contributed by atoms with Gasteiger partial charge in [-0.2, -0.15) is 0 Å². The van der Waals surface area contributed by atoms with Crippen LogP contribution in [0.25, 0.3) is 10.4 Å². The fourth-order valence-corrected chi connectivity index (χ4v) is 6.83. The molecular weight excluding hydrogens is 547 g/mol. The van der Waals surface area contributed by atoms with Crippen molar-refractivity contribution in [3.8, 4) is 10.4 Å². The van der Waals surface area contributed by atoms with Gasteiger partial charge in [-0.1, -0.05) is 102 Å². The number of carbonyl (C=O) groups is 3. The molecule has 2 heterocycles. The first-order valence-corrected chi connectivity index (χ1v) is 16.3. The molecule has 3 N–H and O–H groups in total. The van der Waals surface area contributed by atoms with Crippen molar-refractivity contribution >= 4 is 36.2 Å². The molecule has 2 aliphatic rings. The summed E-state index contributed by atoms with van der Waals surface area (Å²) < 4.78 is 0. The molecule has 3 amide bonds. The van der Waals surface area contributed by atoms with Crippen LogP contribution < -0.4 is 10.6 Å². The number of hydrogen-bond acceptors (Lipinski definition) is 6. The molecule has 227 valence electrons. The van der Waals surface area contributed by atoms with Crippen LogP contribution in [0.1, 0.15) is 89.8 Å². The number of β-amino-alcohol motifs (C(OH)–C–C–N with tert-alkyl or cyclic N) is 1. The number of hydrogen-bond donors (Lipinski definition) is 3. The maximum Gasteiger partial charge on any atom is 0.246 e. The van der Waals surface area contributed by atoms with Gasteiger partial charge in [0.2, 0.25) is 19.1 Å². The van der Waals surface area contributed by atoms with Gasteiger partial charge in [0.15, 0.2) is 5.81 Å². The quantitative estimate of drug-likeness (QED) is 0.353. The normalized spacial score (nSPS) is 21.1. The Balaban J connectivity index is 1.37. The van der Waals surface area contributed by atoms with Crippen LogP contribution in [-0.4, -0.2) is 64.6 Å². The summed E-state index contributed by atoms with van der Waals surface area (Å²) in [4.78, 5) is 47.2. The van der Waals surface area contributed by atoms with Crippen LogP contribution >= 0.6 is 11.3 Å². The topological polar surface area (TPSA) is 112 Å². The van der Waals surface area contributed by atoms with Crippen LogP contribution in [0.15, 0.2) is 29.8 Å². The highest BCUT2D eigenvalue weighted by molar-refractivity contribution is 7.13. The van der Waals surface area contributed by atoms with Crippen molar-refractivity contribution in [3.05, 3.63) is 41.0 Å². The summed E-state index contributed by atoms with van der Waals surface area (Å²) in [5.74, 6) is -0.658. The number of carbonyl (C=O) groups excluding carboxylic acids is 3. The second-order valence-electron chi connectivity index (χ2n) is 13.0. The lowest BCUT2D eigenvalue weighted by molar-refractivity contribution is -0.141. The predicted molar refractivity (Wildman–Crippen MR) is 168 cm³/mol. The van der Waals surface area contributed by atoms with Crippen molar-refractivity contribution in [3.63, 3.8) is 0 Å². The van der Waals surface area contributed by atoms with Gasteiger partial charge in [-0.25, -0.2) is 4.98 Å². The van der Waals surface area contributed by atoms with Crippen molar-refractivity contribution in [1.82, 2.24) is 20.5 Å². The first-order chi connectivity index (χ1) is 20.0. The standard InChI is InChI=1S/C32H46BN4O4S/c1-21-27(42-20-35-21)23-15-13-22(14-16-23)18-34-29(39)26-17-25(38)19-37(26)30(40)28(32(2,3)4)36-31(41)33-24-11-9-7-5-6-8-10-12-24/h13-16,20,24-26,28,38H,5-12,17-19H2,1-4H3,(H,34,39)(H,36,41)/t25-,26+,28?/m1/s1. The summed E-state index contributed by atoms with van der Waals surface area (Å²) in [5.41, 5.74) is 4.26. The Morgan fingerprint density at radius 1 is 1.07 bits per heavy atom. The first kappa shape index (κ1) is 32.2. The Hall–Kier alpha value is -2.72. The highest BCUT2D eigenvalue weighted by Gasteiger charge is 2.44. The van der Waals surface area contributed by atoms with Crippen LogP contribution in [0.4, 0.5) is 4.79 Å². The van der Waals surface area contributed by atoms with Gasteiger partial charge in [0, 0.05) is 19.5 Å². The summed E-state index contributed by atoms with van der Waals surface area (Å²) in [7, 11) is 1.77. The lowest BCUT2D eigenvalue weighted by Crippen LogP contribution is -2.58. The first-order valence-electron chi connectivity index (χ1n) is 15.4. The van der Waals surface area contributed by atoms with E-state index in [9.17, 15) is 19.5 Å². The van der Waals surface area contributed by atoms with E-state index in [2.05, 4.69) is 15.6 Å². The van der Waals surface area contributed by atoms with Crippen molar-refractivity contribution in [1.29, 1.82) is 0 Å². The van der Waals surface area contributed by atoms with Crippen LogP contribution in [0.3, 0.4) is 0 Å². The number of amides is 3. The van der Waals surface area contributed by atoms with E-state index in [0.717, 1.165) is 47.4 Å². The number of nitrogens with zero attached hydrogens (tertiary/aromatic N) is 2. The Bertz CT molecular complexity index is 1200. The van der Waals surface area contributed by atoms with Crippen molar-refractivity contribution in [2.75, 3.05) is 6.54 Å². The van der Waals surface area contributed by atoms with E-state index in [1.165, 1.54) is 30.6 Å². The summed E-state index contributed by atoms with van der Waals surface area (Å²) in [6.07, 6.45) is 8.52. The smallest absolute Gasteiger partial charge is 0.246 e. The zero-order chi connectivity index (χ0) is 30.3. The van der Waals surface area contributed by atoms with Crippen LogP contribution in [-0.2, 0) is 16.1 Å². The van der Waals surface area contributed by atoms with Gasteiger partial charge in [-0.05, 0) is 23.5 Å². The third-order valence-electron chi connectivity index (χ3n) is 8.48. The number of aryl methyl sites for hydroxylation is 1. The number of thiazole rings is 1. The molecule has 2 fully saturated rings. The van der Waals surface area contributed by atoms with Crippen molar-refractivity contribution in [2.45, 2.75) is 116 Å². The molecule has 8 nitrogen and oxygen atoms in total. The third kappa shape index (κ3) is 8.66. The Morgan fingerprint density at radius 2 is 1.71 bits per heavy atom. The number of aromatic nitrogens is 1. The summed E-state index contributed by atoms with van der Waals surface area (Å²) in [6, 6.07) is 6.36. The molecule has 0 spiro atoms. The molecule has 42 heavy (non-hydrogen) atoms. The van der Waals surface area contributed by atoms with E-state index in [0.29, 0.717) is 6.54 Å². The number of likely N-dealkylation sites (tertiary alicyclic amines) is 1. The minimum Gasteiger partial charge on any atom is -0.391 e. The van der Waals surface area contributed by atoms with Gasteiger partial charge in [-0.15, -0.1) is 11.3 Å². The van der Waals surface area contributed by atoms with Gasteiger partial charge in [-0.3, -0.25) is 14.4 Å². The van der Waals surface area contributed by atoms with Crippen molar-refractivity contribution < 1.29 is 19.5 Å². The molecule has 0 bridgehead atoms. The van der Waals surface area contributed by atoms with Gasteiger partial charge in [0.1, 0.15) is 12.1 Å². The average Bonchev–Trinajstić information content (AvgIpc) is 3.58. The minimum atomic E-state index is -0.819. The second-order valence-corrected chi connectivity index (χ2v) is 13.9. The molecule has 1 aliphatic heterocycles. The monoisotopic (exact) mass is 593 g/mol. The lowest BCUT2D eigenvalue weighted by Gasteiger charge is -2.35. The Labute approximate surface area is 255 Å². The molecule has 1 unspecified atom stereocenters. The summed E-state index contributed by atoms with van der Waals surface area (Å²) in [5, 5.41) is 16.4. The Kier molecular flexibility index (Phi) is 11.2. The molecule has 3 atom stereocenters. The van der Waals surface area contributed by atoms with Gasteiger partial charge < -0.3 is 20.6 Å². The van der Waals surface area contributed by atoms with E-state index < -0.39 is 23.6 Å². The molecule has 1 aliphatic carbocycles. The van der Waals surface area contributed by atoms with E-state index in [1.807, 2.05) is 57.5 Å². The number of benzene rings is 1. The number of aliphatic hydroxyl groups is 1. The van der Waals surface area contributed by atoms with Gasteiger partial charge in [0.05, 0.1) is 22.2 Å². The fraction of sp³-hybridized carbons (Fsp3) is 0.625. The lowest BCUT2D eigenvalue weighted by atomic mass is 9.59. The highest BCUT2D eigenvalue weighted by Crippen LogP contribution is 2.29. The largest absolute Gasteiger partial charge is 0.391 e. The SMILES string of the molecule is Cc1ncsc1-c1ccc(CNC(=O)[C@@H]2C[C@@H](O)CN2C(=O)C(NC(=O)[B]C2CCCCCCCC2)C(C)(C)C)cc1. The van der Waals surface area contributed by atoms with E-state index in [-0.39, 0.29) is 36.4 Å². The van der Waals surface area contributed by atoms with Gasteiger partial charge >= 0.3 is 0 Å². The predicted octanol–water partition coefficient (Wildman–Crippen LogP) is 5.45. The molecule has 1 saturated heterocycles. The summed E-state index contributed by atoms with van der Waals surface area (Å²) >= 11 is 1.59.